The number of hydrogen-bond donors (Lipinski definition) is 1. The van der Waals surface area contributed by atoms with Crippen LogP contribution in [0.3, 0.4) is 0 Å². The summed E-state index contributed by atoms with van der Waals surface area (Å²) >= 11 is 0. The molecule has 4 rings (SSSR count). The Morgan fingerprint density at radius 1 is 1.10 bits per heavy atom. The zero-order valence-corrected chi connectivity index (χ0v) is 19.2. The van der Waals surface area contributed by atoms with Gasteiger partial charge in [0, 0.05) is 44.1 Å². The van der Waals surface area contributed by atoms with Crippen LogP contribution in [0.15, 0.2) is 54.7 Å². The molecule has 3 heteroatoms. The van der Waals surface area contributed by atoms with E-state index in [0.29, 0.717) is 6.04 Å². The minimum absolute atomic E-state index is 0.209. The molecular formula is C27H37N3. The Morgan fingerprint density at radius 2 is 1.83 bits per heavy atom. The molecule has 30 heavy (non-hydrogen) atoms. The minimum atomic E-state index is 0.209. The molecule has 2 aliphatic rings. The van der Waals surface area contributed by atoms with E-state index in [0.717, 1.165) is 51.3 Å². The van der Waals surface area contributed by atoms with Gasteiger partial charge in [-0.2, -0.15) is 0 Å². The van der Waals surface area contributed by atoms with Gasteiger partial charge in [0.05, 0.1) is 6.04 Å². The van der Waals surface area contributed by atoms with E-state index in [9.17, 15) is 0 Å². The van der Waals surface area contributed by atoms with Crippen molar-refractivity contribution in [3.8, 4) is 0 Å². The Morgan fingerprint density at radius 3 is 2.57 bits per heavy atom. The van der Waals surface area contributed by atoms with E-state index in [1.165, 1.54) is 27.9 Å². The van der Waals surface area contributed by atoms with Crippen LogP contribution in [-0.2, 0) is 12.8 Å². The van der Waals surface area contributed by atoms with Crippen molar-refractivity contribution >= 4 is 5.69 Å². The molecule has 0 saturated carbocycles. The third kappa shape index (κ3) is 4.27. The summed E-state index contributed by atoms with van der Waals surface area (Å²) in [4.78, 5) is 5.06. The predicted molar refractivity (Wildman–Crippen MR) is 128 cm³/mol. The lowest BCUT2D eigenvalue weighted by Crippen LogP contribution is -2.48. The van der Waals surface area contributed by atoms with Gasteiger partial charge in [0.15, 0.2) is 0 Å². The number of aryl methyl sites for hydroxylation is 2. The van der Waals surface area contributed by atoms with E-state index in [1.54, 1.807) is 0 Å². The number of anilines is 1. The van der Waals surface area contributed by atoms with Crippen molar-refractivity contribution in [2.24, 2.45) is 5.41 Å². The van der Waals surface area contributed by atoms with Gasteiger partial charge in [0.1, 0.15) is 0 Å². The Labute approximate surface area is 182 Å². The smallest absolute Gasteiger partial charge is 0.0570 e. The Bertz CT molecular complexity index is 906. The van der Waals surface area contributed by atoms with Crippen molar-refractivity contribution in [3.63, 3.8) is 0 Å². The van der Waals surface area contributed by atoms with E-state index in [2.05, 4.69) is 91.9 Å². The molecule has 1 N–H and O–H groups in total. The second-order valence-electron chi connectivity index (χ2n) is 9.78. The first-order valence-electron chi connectivity index (χ1n) is 11.5. The van der Waals surface area contributed by atoms with Crippen molar-refractivity contribution in [3.05, 3.63) is 77.0 Å². The summed E-state index contributed by atoms with van der Waals surface area (Å²) in [5.41, 5.74) is 8.52. The molecular weight excluding hydrogens is 366 g/mol. The van der Waals surface area contributed by atoms with Crippen LogP contribution in [-0.4, -0.2) is 37.6 Å². The van der Waals surface area contributed by atoms with E-state index in [1.807, 2.05) is 0 Å². The maximum absolute atomic E-state index is 4.41. The molecule has 160 valence electrons. The monoisotopic (exact) mass is 403 g/mol. The number of benzene rings is 2. The lowest BCUT2D eigenvalue weighted by molar-refractivity contribution is 0.250. The van der Waals surface area contributed by atoms with Gasteiger partial charge in [-0.3, -0.25) is 4.90 Å². The highest BCUT2D eigenvalue weighted by Crippen LogP contribution is 2.46. The van der Waals surface area contributed by atoms with Gasteiger partial charge >= 0.3 is 0 Å². The van der Waals surface area contributed by atoms with Gasteiger partial charge < -0.3 is 10.2 Å². The van der Waals surface area contributed by atoms with E-state index in [4.69, 9.17) is 0 Å². The molecule has 1 fully saturated rings. The quantitative estimate of drug-likeness (QED) is 0.723. The third-order valence-electron chi connectivity index (χ3n) is 6.95. The van der Waals surface area contributed by atoms with Crippen LogP contribution in [0.2, 0.25) is 0 Å². The third-order valence-corrected chi connectivity index (χ3v) is 6.95. The average Bonchev–Trinajstić information content (AvgIpc) is 2.99. The largest absolute Gasteiger partial charge is 0.380 e. The highest BCUT2D eigenvalue weighted by atomic mass is 15.3. The molecule has 0 spiro atoms. The number of hydrogen-bond acceptors (Lipinski definition) is 3. The van der Waals surface area contributed by atoms with E-state index < -0.39 is 0 Å². The molecule has 0 amide bonds. The molecule has 1 unspecified atom stereocenters. The maximum Gasteiger partial charge on any atom is 0.0570 e. The zero-order valence-electron chi connectivity index (χ0n) is 19.2. The van der Waals surface area contributed by atoms with Crippen LogP contribution in [0.1, 0.15) is 49.1 Å². The Hall–Kier alpha value is -2.26. The van der Waals surface area contributed by atoms with Crippen molar-refractivity contribution < 1.29 is 0 Å². The van der Waals surface area contributed by atoms with Gasteiger partial charge in [0.25, 0.3) is 0 Å². The summed E-state index contributed by atoms with van der Waals surface area (Å²) in [6.07, 6.45) is 2.23. The molecule has 2 aromatic rings. The van der Waals surface area contributed by atoms with Gasteiger partial charge in [-0.15, -0.1) is 0 Å². The number of piperazine rings is 1. The summed E-state index contributed by atoms with van der Waals surface area (Å²) in [6.45, 7) is 18.9. The van der Waals surface area contributed by atoms with Gasteiger partial charge in [-0.05, 0) is 59.6 Å². The van der Waals surface area contributed by atoms with Crippen LogP contribution >= 0.6 is 0 Å². The second-order valence-corrected chi connectivity index (χ2v) is 9.78. The molecule has 1 heterocycles. The van der Waals surface area contributed by atoms with Crippen molar-refractivity contribution in [1.82, 2.24) is 10.2 Å². The molecule has 1 aliphatic carbocycles. The number of nitrogens with zero attached hydrogens (tertiary/aromatic N) is 2. The molecule has 0 radical (unpaired) electrons. The van der Waals surface area contributed by atoms with Gasteiger partial charge in [0.2, 0.25) is 0 Å². The summed E-state index contributed by atoms with van der Waals surface area (Å²) in [5.74, 6) is 0. The van der Waals surface area contributed by atoms with E-state index in [-0.39, 0.29) is 5.41 Å². The molecule has 0 aromatic heterocycles. The summed E-state index contributed by atoms with van der Waals surface area (Å²) < 4.78 is 0. The highest BCUT2D eigenvalue weighted by molar-refractivity contribution is 5.49. The minimum Gasteiger partial charge on any atom is -0.380 e. The highest BCUT2D eigenvalue weighted by Gasteiger charge is 2.40. The Kier molecular flexibility index (Phi) is 5.92. The number of rotatable bonds is 6. The van der Waals surface area contributed by atoms with Crippen molar-refractivity contribution in [2.75, 3.05) is 37.6 Å². The fraction of sp³-hybridized carbons (Fsp3) is 0.481. The zero-order chi connectivity index (χ0) is 21.3. The summed E-state index contributed by atoms with van der Waals surface area (Å²) in [7, 11) is 0. The molecule has 0 bridgehead atoms. The molecule has 1 atom stereocenters. The topological polar surface area (TPSA) is 18.5 Å². The molecule has 1 aliphatic heterocycles. The summed E-state index contributed by atoms with van der Waals surface area (Å²) in [6, 6.07) is 16.1. The predicted octanol–water partition coefficient (Wildman–Crippen LogP) is 5.11. The first-order chi connectivity index (χ1) is 14.4. The lowest BCUT2D eigenvalue weighted by atomic mass is 9.84. The van der Waals surface area contributed by atoms with Crippen LogP contribution in [0.5, 0.6) is 0 Å². The second kappa shape index (κ2) is 8.47. The van der Waals surface area contributed by atoms with E-state index >= 15 is 0 Å². The maximum atomic E-state index is 4.41. The molecule has 1 saturated heterocycles. The SMILES string of the molecule is C=C(CN1CCN(c2cccc(CC)c2)CC1)NC1c2c(C)cccc2CC1(C)C. The van der Waals surface area contributed by atoms with Gasteiger partial charge in [-0.25, -0.2) is 0 Å². The average molecular weight is 404 g/mol. The normalized spacial score (nSPS) is 20.8. The van der Waals surface area contributed by atoms with Crippen molar-refractivity contribution in [2.45, 2.75) is 46.6 Å². The fourth-order valence-electron chi connectivity index (χ4n) is 5.22. The molecule has 3 nitrogen and oxygen atoms in total. The standard InChI is InChI=1S/C27H37N3/c1-6-22-10-8-12-24(17-22)30-15-13-29(14-16-30)19-21(3)28-26-25-20(2)9-7-11-23(25)18-27(26,4)5/h7-12,17,26,28H,3,6,13-16,18-19H2,1-2,4-5H3. The first-order valence-corrected chi connectivity index (χ1v) is 11.5. The number of nitrogens with one attached hydrogen (secondary N) is 1. The lowest BCUT2D eigenvalue weighted by Gasteiger charge is -2.37. The van der Waals surface area contributed by atoms with Crippen LogP contribution in [0, 0.1) is 12.3 Å². The van der Waals surface area contributed by atoms with Crippen LogP contribution in [0.4, 0.5) is 5.69 Å². The number of fused-ring (bicyclic) bond motifs is 1. The van der Waals surface area contributed by atoms with Crippen molar-refractivity contribution in [1.29, 1.82) is 0 Å². The van der Waals surface area contributed by atoms with Crippen LogP contribution in [0.25, 0.3) is 0 Å². The van der Waals surface area contributed by atoms with Gasteiger partial charge in [-0.1, -0.05) is 57.7 Å². The first kappa shape index (κ1) is 21.0. The fourth-order valence-corrected chi connectivity index (χ4v) is 5.22. The molecule has 2 aromatic carbocycles. The summed E-state index contributed by atoms with van der Waals surface area (Å²) in [5, 5.41) is 3.82. The Balaban J connectivity index is 1.35. The van der Waals surface area contributed by atoms with Crippen LogP contribution < -0.4 is 10.2 Å².